The van der Waals surface area contributed by atoms with Crippen molar-refractivity contribution in [3.63, 3.8) is 0 Å². The number of nitrogens with zero attached hydrogens (tertiary/aromatic N) is 1. The van der Waals surface area contributed by atoms with Gasteiger partial charge in [0.1, 0.15) is 11.5 Å². The average molecular weight is 493 g/mol. The SMILES string of the molecule is C[C@]12C=C/C(=N/OCC(=O)NCCc3ccc(O)cc3)C=C1CC[C@@H]1[C@@H]2CC[C@@]2(C)[C@H]1CC[C@]2(C)O. The first-order chi connectivity index (χ1) is 17.1. The first-order valence-corrected chi connectivity index (χ1v) is 13.5. The van der Waals surface area contributed by atoms with E-state index in [0.717, 1.165) is 43.4 Å². The number of fused-ring (bicyclic) bond motifs is 5. The van der Waals surface area contributed by atoms with Crippen molar-refractivity contribution >= 4 is 11.6 Å². The topological polar surface area (TPSA) is 91.2 Å². The van der Waals surface area contributed by atoms with E-state index < -0.39 is 5.60 Å². The molecule has 1 amide bonds. The predicted molar refractivity (Wildman–Crippen MR) is 140 cm³/mol. The van der Waals surface area contributed by atoms with Gasteiger partial charge in [-0.25, -0.2) is 0 Å². The van der Waals surface area contributed by atoms with E-state index in [9.17, 15) is 15.0 Å². The molecule has 1 aromatic rings. The van der Waals surface area contributed by atoms with Gasteiger partial charge in [0.15, 0.2) is 6.61 Å². The number of carbonyl (C=O) groups excluding carboxylic acids is 1. The maximum absolute atomic E-state index is 12.1. The van der Waals surface area contributed by atoms with Crippen molar-refractivity contribution in [1.29, 1.82) is 0 Å². The summed E-state index contributed by atoms with van der Waals surface area (Å²) in [5, 5.41) is 27.5. The zero-order chi connectivity index (χ0) is 25.6. The minimum absolute atomic E-state index is 0.0311. The van der Waals surface area contributed by atoms with E-state index in [4.69, 9.17) is 4.84 Å². The summed E-state index contributed by atoms with van der Waals surface area (Å²) in [5.41, 5.74) is 2.75. The van der Waals surface area contributed by atoms with E-state index in [1.807, 2.05) is 18.2 Å². The zero-order valence-electron chi connectivity index (χ0n) is 21.8. The Morgan fingerprint density at radius 3 is 2.64 bits per heavy atom. The molecule has 194 valence electrons. The molecule has 0 saturated heterocycles. The Hall–Kier alpha value is -2.60. The normalized spacial score (nSPS) is 38.1. The number of benzene rings is 1. The number of oxime groups is 1. The van der Waals surface area contributed by atoms with Crippen molar-refractivity contribution in [2.45, 2.75) is 71.3 Å². The third-order valence-electron chi connectivity index (χ3n) is 10.2. The van der Waals surface area contributed by atoms with E-state index in [1.54, 1.807) is 12.1 Å². The number of aromatic hydroxyl groups is 1. The second-order valence-corrected chi connectivity index (χ2v) is 12.0. The summed E-state index contributed by atoms with van der Waals surface area (Å²) in [6, 6.07) is 6.98. The number of aliphatic hydroxyl groups is 1. The standard InChI is InChI=1S/C30H40N2O4/c1-28-14-10-22(32-36-19-27(34)31-17-13-20-4-7-23(33)8-5-20)18-21(28)6-9-24-25(28)11-15-29(2)26(24)12-16-30(29,3)35/h4-5,7-8,10,14,18,24-26,33,35H,6,9,11-13,15-17,19H2,1-3H3,(H,31,34)/b32-22-/t24-,25+,26+,28+,29+,30+/m1/s1. The molecule has 0 unspecified atom stereocenters. The van der Waals surface area contributed by atoms with Crippen LogP contribution >= 0.6 is 0 Å². The van der Waals surface area contributed by atoms with Gasteiger partial charge in [-0.2, -0.15) is 0 Å². The summed E-state index contributed by atoms with van der Waals surface area (Å²) >= 11 is 0. The van der Waals surface area contributed by atoms with Crippen LogP contribution in [0.5, 0.6) is 5.75 Å². The molecule has 6 heteroatoms. The molecule has 3 saturated carbocycles. The van der Waals surface area contributed by atoms with Crippen LogP contribution < -0.4 is 5.32 Å². The third-order valence-corrected chi connectivity index (χ3v) is 10.2. The van der Waals surface area contributed by atoms with E-state index in [2.05, 4.69) is 43.4 Å². The van der Waals surface area contributed by atoms with Gasteiger partial charge in [-0.3, -0.25) is 4.79 Å². The fourth-order valence-corrected chi connectivity index (χ4v) is 7.73. The van der Waals surface area contributed by atoms with Crippen LogP contribution in [0.4, 0.5) is 0 Å². The summed E-state index contributed by atoms with van der Waals surface area (Å²) < 4.78 is 0. The first kappa shape index (κ1) is 25.1. The van der Waals surface area contributed by atoms with Crippen molar-refractivity contribution < 1.29 is 19.8 Å². The van der Waals surface area contributed by atoms with Gasteiger partial charge >= 0.3 is 0 Å². The van der Waals surface area contributed by atoms with Crippen molar-refractivity contribution in [1.82, 2.24) is 5.32 Å². The molecule has 6 atom stereocenters. The lowest BCUT2D eigenvalue weighted by Crippen LogP contribution is -2.53. The molecular formula is C30H40N2O4. The molecule has 5 rings (SSSR count). The lowest BCUT2D eigenvalue weighted by molar-refractivity contribution is -0.125. The highest BCUT2D eigenvalue weighted by Gasteiger charge is 2.61. The number of nitrogens with one attached hydrogen (secondary N) is 1. The molecule has 3 N–H and O–H groups in total. The maximum atomic E-state index is 12.1. The van der Waals surface area contributed by atoms with Crippen molar-refractivity contribution in [2.24, 2.45) is 33.7 Å². The minimum Gasteiger partial charge on any atom is -0.508 e. The highest BCUT2D eigenvalue weighted by Crippen LogP contribution is 2.66. The van der Waals surface area contributed by atoms with Gasteiger partial charge in [-0.1, -0.05) is 42.8 Å². The number of hydrogen-bond acceptors (Lipinski definition) is 5. The molecule has 4 aliphatic carbocycles. The summed E-state index contributed by atoms with van der Waals surface area (Å²) in [6.07, 6.45) is 13.7. The lowest BCUT2D eigenvalue weighted by atomic mass is 9.47. The minimum atomic E-state index is -0.545. The van der Waals surface area contributed by atoms with Crippen molar-refractivity contribution in [3.05, 3.63) is 53.6 Å². The van der Waals surface area contributed by atoms with Gasteiger partial charge in [0.05, 0.1) is 5.60 Å². The Balaban J connectivity index is 1.15. The molecule has 0 aromatic heterocycles. The number of carbonyl (C=O) groups is 1. The number of hydrogen-bond donors (Lipinski definition) is 3. The number of amides is 1. The van der Waals surface area contributed by atoms with E-state index >= 15 is 0 Å². The van der Waals surface area contributed by atoms with Gasteiger partial charge in [-0.15, -0.1) is 0 Å². The third kappa shape index (κ3) is 4.38. The molecule has 0 heterocycles. The molecule has 0 radical (unpaired) electrons. The van der Waals surface area contributed by atoms with Crippen LogP contribution in [0.25, 0.3) is 0 Å². The first-order valence-electron chi connectivity index (χ1n) is 13.5. The molecule has 1 aromatic carbocycles. The van der Waals surface area contributed by atoms with Gasteiger partial charge in [0.25, 0.3) is 5.91 Å². The van der Waals surface area contributed by atoms with E-state index in [1.165, 1.54) is 12.0 Å². The van der Waals surface area contributed by atoms with Crippen LogP contribution in [0.2, 0.25) is 0 Å². The van der Waals surface area contributed by atoms with Crippen LogP contribution in [0.15, 0.2) is 53.2 Å². The second kappa shape index (κ2) is 9.37. The summed E-state index contributed by atoms with van der Waals surface area (Å²) in [6.45, 7) is 7.16. The second-order valence-electron chi connectivity index (χ2n) is 12.0. The zero-order valence-corrected chi connectivity index (χ0v) is 21.8. The number of phenolic OH excluding ortho intramolecular Hbond substituents is 1. The molecule has 3 fully saturated rings. The lowest BCUT2D eigenvalue weighted by Gasteiger charge is -2.58. The molecule has 0 aliphatic heterocycles. The summed E-state index contributed by atoms with van der Waals surface area (Å²) in [7, 11) is 0. The fourth-order valence-electron chi connectivity index (χ4n) is 7.73. The smallest absolute Gasteiger partial charge is 0.260 e. The highest BCUT2D eigenvalue weighted by atomic mass is 16.6. The predicted octanol–water partition coefficient (Wildman–Crippen LogP) is 4.91. The quantitative estimate of drug-likeness (QED) is 0.492. The summed E-state index contributed by atoms with van der Waals surface area (Å²) in [4.78, 5) is 17.5. The Labute approximate surface area is 214 Å². The van der Waals surface area contributed by atoms with Crippen LogP contribution in [-0.4, -0.2) is 40.6 Å². The molecule has 0 bridgehead atoms. The van der Waals surface area contributed by atoms with Crippen LogP contribution in [0.3, 0.4) is 0 Å². The molecular weight excluding hydrogens is 452 g/mol. The monoisotopic (exact) mass is 492 g/mol. The van der Waals surface area contributed by atoms with Crippen molar-refractivity contribution in [2.75, 3.05) is 13.2 Å². The van der Waals surface area contributed by atoms with Crippen molar-refractivity contribution in [3.8, 4) is 5.75 Å². The Bertz CT molecular complexity index is 1090. The van der Waals surface area contributed by atoms with Gasteiger partial charge < -0.3 is 20.4 Å². The van der Waals surface area contributed by atoms with Crippen LogP contribution in [0.1, 0.15) is 64.9 Å². The Morgan fingerprint density at radius 1 is 1.11 bits per heavy atom. The van der Waals surface area contributed by atoms with Crippen LogP contribution in [-0.2, 0) is 16.1 Å². The van der Waals surface area contributed by atoms with Crippen LogP contribution in [0, 0.1) is 28.6 Å². The average Bonchev–Trinajstić information content (AvgIpc) is 3.09. The number of rotatable bonds is 6. The fraction of sp³-hybridized carbons (Fsp3) is 0.600. The Morgan fingerprint density at radius 2 is 1.86 bits per heavy atom. The van der Waals surface area contributed by atoms with Gasteiger partial charge in [0, 0.05) is 12.0 Å². The Kier molecular flexibility index (Phi) is 6.52. The number of allylic oxidation sites excluding steroid dienone is 4. The maximum Gasteiger partial charge on any atom is 0.260 e. The van der Waals surface area contributed by atoms with Gasteiger partial charge in [0.2, 0.25) is 0 Å². The van der Waals surface area contributed by atoms with E-state index in [0.29, 0.717) is 30.7 Å². The number of phenols is 1. The summed E-state index contributed by atoms with van der Waals surface area (Å²) in [5.74, 6) is 1.89. The van der Waals surface area contributed by atoms with E-state index in [-0.39, 0.29) is 29.1 Å². The molecule has 0 spiro atoms. The molecule has 36 heavy (non-hydrogen) atoms. The van der Waals surface area contributed by atoms with Gasteiger partial charge in [-0.05, 0) is 105 Å². The molecule has 6 nitrogen and oxygen atoms in total. The highest BCUT2D eigenvalue weighted by molar-refractivity contribution is 6.05. The molecule has 4 aliphatic rings. The largest absolute Gasteiger partial charge is 0.508 e.